The van der Waals surface area contributed by atoms with E-state index in [9.17, 15) is 19.5 Å². The summed E-state index contributed by atoms with van der Waals surface area (Å²) in [5.41, 5.74) is 0.0591. The lowest BCUT2D eigenvalue weighted by atomic mass is 10.0. The van der Waals surface area contributed by atoms with Crippen LogP contribution in [0.2, 0.25) is 0 Å². The normalized spacial score (nSPS) is 12.0. The third-order valence-corrected chi connectivity index (χ3v) is 3.68. The molecule has 0 saturated carbocycles. The van der Waals surface area contributed by atoms with Gasteiger partial charge in [-0.1, -0.05) is 13.8 Å². The summed E-state index contributed by atoms with van der Waals surface area (Å²) in [4.78, 5) is 50.6. The summed E-state index contributed by atoms with van der Waals surface area (Å²) in [7, 11) is 0. The number of aliphatic carboxylic acids is 1. The van der Waals surface area contributed by atoms with Gasteiger partial charge >= 0.3 is 5.97 Å². The third-order valence-electron chi connectivity index (χ3n) is 3.68. The van der Waals surface area contributed by atoms with Crippen LogP contribution in [0.15, 0.2) is 23.3 Å². The number of carboxylic acid groups (broad SMARTS) is 1. The monoisotopic (exact) mass is 359 g/mol. The van der Waals surface area contributed by atoms with Gasteiger partial charge in [0.15, 0.2) is 11.6 Å². The van der Waals surface area contributed by atoms with E-state index in [1.165, 1.54) is 12.4 Å². The van der Waals surface area contributed by atoms with E-state index in [-0.39, 0.29) is 29.6 Å². The molecule has 0 saturated heterocycles. The Hall–Kier alpha value is -3.10. The number of rotatable bonds is 7. The van der Waals surface area contributed by atoms with Gasteiger partial charge in [-0.15, -0.1) is 0 Å². The fourth-order valence-electron chi connectivity index (χ4n) is 2.44. The molecule has 26 heavy (non-hydrogen) atoms. The second-order valence-electron chi connectivity index (χ2n) is 6.32. The molecule has 9 nitrogen and oxygen atoms in total. The van der Waals surface area contributed by atoms with E-state index >= 15 is 0 Å². The van der Waals surface area contributed by atoms with Gasteiger partial charge in [0, 0.05) is 23.7 Å². The number of aromatic nitrogens is 4. The van der Waals surface area contributed by atoms with Crippen LogP contribution in [0.25, 0.3) is 11.6 Å². The van der Waals surface area contributed by atoms with Crippen molar-refractivity contribution in [2.45, 2.75) is 39.7 Å². The largest absolute Gasteiger partial charge is 0.480 e. The first-order valence-corrected chi connectivity index (χ1v) is 8.17. The minimum Gasteiger partial charge on any atom is -0.480 e. The number of nitrogens with zero attached hydrogens (tertiary/aromatic N) is 3. The van der Waals surface area contributed by atoms with Gasteiger partial charge in [0.25, 0.3) is 5.56 Å². The van der Waals surface area contributed by atoms with Gasteiger partial charge in [0.1, 0.15) is 6.04 Å². The van der Waals surface area contributed by atoms with E-state index < -0.39 is 23.5 Å². The Bertz CT molecular complexity index is 848. The summed E-state index contributed by atoms with van der Waals surface area (Å²) in [5, 5.41) is 11.7. The highest BCUT2D eigenvalue weighted by atomic mass is 16.4. The molecule has 2 aromatic heterocycles. The molecule has 2 aromatic rings. The molecule has 0 bridgehead atoms. The summed E-state index contributed by atoms with van der Waals surface area (Å²) < 4.78 is 0. The number of hydrogen-bond donors (Lipinski definition) is 3. The van der Waals surface area contributed by atoms with Crippen molar-refractivity contribution in [2.24, 2.45) is 5.92 Å². The molecule has 0 aromatic carbocycles. The lowest BCUT2D eigenvalue weighted by molar-refractivity contribution is -0.142. The highest BCUT2D eigenvalue weighted by Gasteiger charge is 2.22. The summed E-state index contributed by atoms with van der Waals surface area (Å²) in [6.07, 6.45) is 3.10. The van der Waals surface area contributed by atoms with E-state index in [1.54, 1.807) is 13.0 Å². The highest BCUT2D eigenvalue weighted by Crippen LogP contribution is 2.09. The van der Waals surface area contributed by atoms with Crippen molar-refractivity contribution in [3.8, 4) is 11.6 Å². The Morgan fingerprint density at radius 3 is 2.46 bits per heavy atom. The summed E-state index contributed by atoms with van der Waals surface area (Å²) in [5.74, 6) is -1.06. The van der Waals surface area contributed by atoms with Crippen LogP contribution in [0.1, 0.15) is 31.5 Å². The Morgan fingerprint density at radius 1 is 1.27 bits per heavy atom. The maximum Gasteiger partial charge on any atom is 0.326 e. The Labute approximate surface area is 149 Å². The molecule has 3 N–H and O–H groups in total. The second kappa shape index (κ2) is 8.32. The Morgan fingerprint density at radius 2 is 1.92 bits per heavy atom. The van der Waals surface area contributed by atoms with Gasteiger partial charge in [0.2, 0.25) is 5.91 Å². The molecule has 0 spiro atoms. The highest BCUT2D eigenvalue weighted by molar-refractivity contribution is 5.84. The molecular formula is C17H21N5O4. The van der Waals surface area contributed by atoms with Crippen LogP contribution < -0.4 is 10.9 Å². The van der Waals surface area contributed by atoms with Crippen molar-refractivity contribution in [1.82, 2.24) is 25.3 Å². The van der Waals surface area contributed by atoms with Crippen molar-refractivity contribution in [3.63, 3.8) is 0 Å². The van der Waals surface area contributed by atoms with Gasteiger partial charge in [-0.2, -0.15) is 0 Å². The van der Waals surface area contributed by atoms with Crippen molar-refractivity contribution in [1.29, 1.82) is 0 Å². The van der Waals surface area contributed by atoms with E-state index in [4.69, 9.17) is 0 Å². The number of nitrogens with one attached hydrogen (secondary N) is 2. The molecular weight excluding hydrogens is 338 g/mol. The fraction of sp³-hybridized carbons (Fsp3) is 0.412. The van der Waals surface area contributed by atoms with Gasteiger partial charge in [-0.3, -0.25) is 9.59 Å². The predicted octanol–water partition coefficient (Wildman–Crippen LogP) is 0.693. The molecule has 0 unspecified atom stereocenters. The molecule has 0 radical (unpaired) electrons. The second-order valence-corrected chi connectivity index (χ2v) is 6.32. The number of aryl methyl sites for hydroxylation is 1. The molecule has 0 aliphatic carbocycles. The predicted molar refractivity (Wildman–Crippen MR) is 93.3 cm³/mol. The minimum absolute atomic E-state index is 0.105. The van der Waals surface area contributed by atoms with E-state index in [0.29, 0.717) is 12.1 Å². The van der Waals surface area contributed by atoms with Crippen LogP contribution in [0.4, 0.5) is 0 Å². The Kier molecular flexibility index (Phi) is 6.16. The molecule has 1 amide bonds. The molecule has 2 rings (SSSR count). The minimum atomic E-state index is -1.10. The molecule has 0 aliphatic heterocycles. The topological polar surface area (TPSA) is 138 Å². The van der Waals surface area contributed by atoms with E-state index in [2.05, 4.69) is 25.3 Å². The Balaban J connectivity index is 2.18. The first kappa shape index (κ1) is 19.2. The maximum atomic E-state index is 12.3. The quantitative estimate of drug-likeness (QED) is 0.661. The average molecular weight is 359 g/mol. The van der Waals surface area contributed by atoms with Crippen LogP contribution in [-0.4, -0.2) is 43.0 Å². The zero-order chi connectivity index (χ0) is 19.3. The lowest BCUT2D eigenvalue weighted by Gasteiger charge is -2.16. The first-order chi connectivity index (χ1) is 12.3. The van der Waals surface area contributed by atoms with Crippen molar-refractivity contribution >= 4 is 11.9 Å². The van der Waals surface area contributed by atoms with Gasteiger partial charge in [0.05, 0.1) is 6.42 Å². The van der Waals surface area contributed by atoms with E-state index in [0.717, 1.165) is 0 Å². The number of aromatic amines is 1. The van der Waals surface area contributed by atoms with Gasteiger partial charge < -0.3 is 15.4 Å². The number of H-pyrrole nitrogens is 1. The number of carbonyl (C=O) groups excluding carboxylic acids is 1. The smallest absolute Gasteiger partial charge is 0.326 e. The third kappa shape index (κ3) is 4.95. The molecule has 1 atom stereocenters. The average Bonchev–Trinajstić information content (AvgIpc) is 2.57. The first-order valence-electron chi connectivity index (χ1n) is 8.17. The fourth-order valence-corrected chi connectivity index (χ4v) is 2.44. The van der Waals surface area contributed by atoms with Crippen LogP contribution in [0.5, 0.6) is 0 Å². The van der Waals surface area contributed by atoms with Crippen molar-refractivity contribution < 1.29 is 14.7 Å². The van der Waals surface area contributed by atoms with Gasteiger partial charge in [-0.05, 0) is 25.3 Å². The van der Waals surface area contributed by atoms with E-state index in [1.807, 2.05) is 13.8 Å². The van der Waals surface area contributed by atoms with Crippen LogP contribution >= 0.6 is 0 Å². The number of hydrogen-bond acceptors (Lipinski definition) is 6. The summed E-state index contributed by atoms with van der Waals surface area (Å²) in [6, 6.07) is 0.648. The SMILES string of the molecule is Cc1nc(-c2ncccn2)[nH]c(=O)c1CC(=O)N[C@H](CC(C)C)C(=O)O. The number of carbonyl (C=O) groups is 2. The zero-order valence-electron chi connectivity index (χ0n) is 14.8. The molecule has 0 aliphatic rings. The van der Waals surface area contributed by atoms with Crippen LogP contribution in [-0.2, 0) is 16.0 Å². The number of amides is 1. The zero-order valence-corrected chi connectivity index (χ0v) is 14.8. The van der Waals surface area contributed by atoms with Crippen molar-refractivity contribution in [3.05, 3.63) is 40.1 Å². The van der Waals surface area contributed by atoms with Crippen LogP contribution in [0, 0.1) is 12.8 Å². The molecule has 138 valence electrons. The number of carboxylic acids is 1. The van der Waals surface area contributed by atoms with Crippen LogP contribution in [0.3, 0.4) is 0 Å². The summed E-state index contributed by atoms with van der Waals surface area (Å²) in [6.45, 7) is 5.34. The van der Waals surface area contributed by atoms with Crippen molar-refractivity contribution in [2.75, 3.05) is 0 Å². The molecule has 2 heterocycles. The lowest BCUT2D eigenvalue weighted by Crippen LogP contribution is -2.43. The maximum absolute atomic E-state index is 12.3. The van der Waals surface area contributed by atoms with Gasteiger partial charge in [-0.25, -0.2) is 19.7 Å². The molecule has 9 heteroatoms. The standard InChI is InChI=1S/C17H21N5O4/c1-9(2)7-12(17(25)26)21-13(23)8-11-10(3)20-15(22-16(11)24)14-18-5-4-6-19-14/h4-6,9,12H,7-8H2,1-3H3,(H,21,23)(H,25,26)(H,20,22,24)/t12-/m1/s1. The molecule has 0 fully saturated rings. The summed E-state index contributed by atoms with van der Waals surface area (Å²) >= 11 is 0.